The molecule has 0 radical (unpaired) electrons. The van der Waals surface area contributed by atoms with E-state index in [2.05, 4.69) is 41.9 Å². The Morgan fingerprint density at radius 1 is 1.35 bits per heavy atom. The van der Waals surface area contributed by atoms with Gasteiger partial charge in [-0.25, -0.2) is 0 Å². The zero-order chi connectivity index (χ0) is 12.2. The van der Waals surface area contributed by atoms with E-state index < -0.39 is 0 Å². The lowest BCUT2D eigenvalue weighted by atomic mass is 9.97. The van der Waals surface area contributed by atoms with E-state index in [1.165, 1.54) is 16.5 Å². The summed E-state index contributed by atoms with van der Waals surface area (Å²) in [6.45, 7) is 7.07. The molecule has 0 bridgehead atoms. The average molecular weight is 292 g/mol. The summed E-state index contributed by atoms with van der Waals surface area (Å²) in [6.07, 6.45) is 0. The molecule has 0 saturated carbocycles. The number of ether oxygens (including phenoxy) is 1. The number of halogens is 1. The predicted molar refractivity (Wildman–Crippen MR) is 72.6 cm³/mol. The lowest BCUT2D eigenvalue weighted by Crippen LogP contribution is -1.95. The highest BCUT2D eigenvalue weighted by atomic mass is 79.9. The lowest BCUT2D eigenvalue weighted by Gasteiger charge is -2.11. The van der Waals surface area contributed by atoms with Crippen LogP contribution in [0.5, 0.6) is 5.75 Å². The standard InChI is InChI=1S/C14H14BrNO/c1-7(2)10-5-4-9-6-17-14-11(9)13(10)16-8(3)12(14)15/h4-5,7H,6H2,1-3H3. The normalized spacial score (nSPS) is 13.5. The zero-order valence-corrected chi connectivity index (χ0v) is 11.8. The molecule has 0 unspecified atom stereocenters. The minimum Gasteiger partial charge on any atom is -0.487 e. The smallest absolute Gasteiger partial charge is 0.145 e. The molecule has 0 fully saturated rings. The summed E-state index contributed by atoms with van der Waals surface area (Å²) in [7, 11) is 0. The number of aromatic nitrogens is 1. The highest BCUT2D eigenvalue weighted by Gasteiger charge is 2.23. The maximum atomic E-state index is 5.77. The predicted octanol–water partition coefficient (Wildman–Crippen LogP) is 4.32. The molecule has 88 valence electrons. The van der Waals surface area contributed by atoms with E-state index in [4.69, 9.17) is 9.72 Å². The molecular weight excluding hydrogens is 278 g/mol. The van der Waals surface area contributed by atoms with Crippen molar-refractivity contribution in [2.45, 2.75) is 33.3 Å². The fourth-order valence-corrected chi connectivity index (χ4v) is 2.79. The van der Waals surface area contributed by atoms with Crippen LogP contribution in [0, 0.1) is 6.92 Å². The zero-order valence-electron chi connectivity index (χ0n) is 10.2. The number of aryl methyl sites for hydroxylation is 1. The van der Waals surface area contributed by atoms with Gasteiger partial charge in [0.1, 0.15) is 12.4 Å². The third kappa shape index (κ3) is 1.48. The van der Waals surface area contributed by atoms with E-state index in [-0.39, 0.29) is 0 Å². The quantitative estimate of drug-likeness (QED) is 0.781. The fourth-order valence-electron chi connectivity index (χ4n) is 2.39. The van der Waals surface area contributed by atoms with Crippen molar-refractivity contribution in [3.05, 3.63) is 33.4 Å². The second kappa shape index (κ2) is 3.70. The minimum atomic E-state index is 0.477. The first-order valence-corrected chi connectivity index (χ1v) is 6.63. The molecular formula is C14H14BrNO. The summed E-state index contributed by atoms with van der Waals surface area (Å²) in [6, 6.07) is 4.35. The van der Waals surface area contributed by atoms with Gasteiger partial charge in [0, 0.05) is 5.56 Å². The van der Waals surface area contributed by atoms with E-state index >= 15 is 0 Å². The average Bonchev–Trinajstić information content (AvgIpc) is 2.71. The SMILES string of the molecule is Cc1nc2c(C(C)C)ccc3c2c(c1Br)OC3. The van der Waals surface area contributed by atoms with Crippen LogP contribution in [0.1, 0.15) is 36.6 Å². The first kappa shape index (κ1) is 11.0. The fraction of sp³-hybridized carbons (Fsp3) is 0.357. The molecule has 1 aliphatic heterocycles. The van der Waals surface area contributed by atoms with E-state index in [1.54, 1.807) is 0 Å². The molecule has 2 nitrogen and oxygen atoms in total. The Labute approximate surface area is 109 Å². The van der Waals surface area contributed by atoms with Crippen LogP contribution in [0.15, 0.2) is 16.6 Å². The van der Waals surface area contributed by atoms with Gasteiger partial charge < -0.3 is 4.74 Å². The number of hydrogen-bond acceptors (Lipinski definition) is 2. The number of benzene rings is 1. The van der Waals surface area contributed by atoms with E-state index in [1.807, 2.05) is 6.92 Å². The van der Waals surface area contributed by atoms with E-state index in [0.717, 1.165) is 21.4 Å². The molecule has 0 amide bonds. The van der Waals surface area contributed by atoms with Gasteiger partial charge in [0.15, 0.2) is 0 Å². The summed E-state index contributed by atoms with van der Waals surface area (Å²) in [5, 5.41) is 1.19. The van der Waals surface area contributed by atoms with Crippen LogP contribution in [0.4, 0.5) is 0 Å². The van der Waals surface area contributed by atoms with Crippen LogP contribution >= 0.6 is 15.9 Å². The molecule has 2 aromatic rings. The number of nitrogens with zero attached hydrogens (tertiary/aromatic N) is 1. The van der Waals surface area contributed by atoms with Crippen LogP contribution in [0.25, 0.3) is 10.9 Å². The Balaban J connectivity index is 2.48. The Morgan fingerprint density at radius 2 is 2.12 bits per heavy atom. The maximum Gasteiger partial charge on any atom is 0.145 e. The summed E-state index contributed by atoms with van der Waals surface area (Å²) >= 11 is 3.57. The Morgan fingerprint density at radius 3 is 2.82 bits per heavy atom. The summed E-state index contributed by atoms with van der Waals surface area (Å²) < 4.78 is 6.76. The summed E-state index contributed by atoms with van der Waals surface area (Å²) in [4.78, 5) is 4.73. The van der Waals surface area contributed by atoms with Crippen LogP contribution in [-0.2, 0) is 6.61 Å². The van der Waals surface area contributed by atoms with Crippen molar-refractivity contribution in [2.24, 2.45) is 0 Å². The van der Waals surface area contributed by atoms with Crippen molar-refractivity contribution in [1.29, 1.82) is 0 Å². The van der Waals surface area contributed by atoms with Crippen molar-refractivity contribution in [3.8, 4) is 5.75 Å². The van der Waals surface area contributed by atoms with Gasteiger partial charge in [-0.05, 0) is 34.3 Å². The maximum absolute atomic E-state index is 5.77. The number of rotatable bonds is 1. The van der Waals surface area contributed by atoms with Gasteiger partial charge in [-0.15, -0.1) is 0 Å². The lowest BCUT2D eigenvalue weighted by molar-refractivity contribution is 0.324. The van der Waals surface area contributed by atoms with Gasteiger partial charge >= 0.3 is 0 Å². The third-order valence-electron chi connectivity index (χ3n) is 3.31. The van der Waals surface area contributed by atoms with E-state index in [9.17, 15) is 0 Å². The van der Waals surface area contributed by atoms with Crippen molar-refractivity contribution >= 4 is 26.8 Å². The molecule has 1 aliphatic rings. The van der Waals surface area contributed by atoms with Crippen LogP contribution in [0.3, 0.4) is 0 Å². The van der Waals surface area contributed by atoms with Crippen LogP contribution in [0.2, 0.25) is 0 Å². The third-order valence-corrected chi connectivity index (χ3v) is 4.25. The molecule has 0 N–H and O–H groups in total. The Kier molecular flexibility index (Phi) is 2.40. The topological polar surface area (TPSA) is 22.1 Å². The molecule has 2 heterocycles. The Hall–Kier alpha value is -1.09. The van der Waals surface area contributed by atoms with Crippen LogP contribution < -0.4 is 4.74 Å². The monoisotopic (exact) mass is 291 g/mol. The van der Waals surface area contributed by atoms with Gasteiger partial charge in [-0.1, -0.05) is 26.0 Å². The molecule has 0 saturated heterocycles. The summed E-state index contributed by atoms with van der Waals surface area (Å²) in [5.74, 6) is 1.44. The molecule has 1 aromatic heterocycles. The molecule has 3 rings (SSSR count). The van der Waals surface area contributed by atoms with Gasteiger partial charge in [-0.2, -0.15) is 0 Å². The minimum absolute atomic E-state index is 0.477. The first-order chi connectivity index (χ1) is 8.09. The largest absolute Gasteiger partial charge is 0.487 e. The van der Waals surface area contributed by atoms with Gasteiger partial charge in [0.25, 0.3) is 0 Å². The number of pyridine rings is 1. The van der Waals surface area contributed by atoms with Gasteiger partial charge in [0.05, 0.1) is 21.1 Å². The van der Waals surface area contributed by atoms with Crippen molar-refractivity contribution in [3.63, 3.8) is 0 Å². The molecule has 0 aliphatic carbocycles. The van der Waals surface area contributed by atoms with Gasteiger partial charge in [0.2, 0.25) is 0 Å². The molecule has 1 aromatic carbocycles. The highest BCUT2D eigenvalue weighted by molar-refractivity contribution is 9.10. The molecule has 0 atom stereocenters. The van der Waals surface area contributed by atoms with Crippen molar-refractivity contribution < 1.29 is 4.74 Å². The Bertz CT molecular complexity index is 619. The molecule has 0 spiro atoms. The summed E-state index contributed by atoms with van der Waals surface area (Å²) in [5.41, 5.74) is 4.64. The van der Waals surface area contributed by atoms with Crippen molar-refractivity contribution in [2.75, 3.05) is 0 Å². The molecule has 17 heavy (non-hydrogen) atoms. The van der Waals surface area contributed by atoms with Gasteiger partial charge in [-0.3, -0.25) is 4.98 Å². The second-order valence-electron chi connectivity index (χ2n) is 4.82. The van der Waals surface area contributed by atoms with Crippen LogP contribution in [-0.4, -0.2) is 4.98 Å². The number of hydrogen-bond donors (Lipinski definition) is 0. The molecule has 3 heteroatoms. The highest BCUT2D eigenvalue weighted by Crippen LogP contribution is 2.43. The first-order valence-electron chi connectivity index (χ1n) is 5.84. The second-order valence-corrected chi connectivity index (χ2v) is 5.61. The van der Waals surface area contributed by atoms with Crippen molar-refractivity contribution in [1.82, 2.24) is 4.98 Å². The van der Waals surface area contributed by atoms with E-state index in [0.29, 0.717) is 12.5 Å².